The predicted molar refractivity (Wildman–Crippen MR) is 80.4 cm³/mol. The van der Waals surface area contributed by atoms with Crippen molar-refractivity contribution in [1.29, 1.82) is 0 Å². The summed E-state index contributed by atoms with van der Waals surface area (Å²) in [4.78, 5) is 1.15. The van der Waals surface area contributed by atoms with Gasteiger partial charge in [0.25, 0.3) is 0 Å². The van der Waals surface area contributed by atoms with Crippen LogP contribution in [-0.4, -0.2) is 23.5 Å². The normalized spacial score (nSPS) is 13.0. The van der Waals surface area contributed by atoms with E-state index in [1.165, 1.54) is 0 Å². The molecule has 0 bridgehead atoms. The van der Waals surface area contributed by atoms with Crippen molar-refractivity contribution in [2.45, 2.75) is 37.5 Å². The molecular weight excluding hydrogens is 266 g/mol. The fourth-order valence-electron chi connectivity index (χ4n) is 1.56. The summed E-state index contributed by atoms with van der Waals surface area (Å²) in [5.74, 6) is 0.625. The molecule has 0 radical (unpaired) electrons. The van der Waals surface area contributed by atoms with E-state index >= 15 is 0 Å². The Morgan fingerprint density at radius 3 is 2.67 bits per heavy atom. The van der Waals surface area contributed by atoms with Crippen LogP contribution in [-0.2, 0) is 6.54 Å². The summed E-state index contributed by atoms with van der Waals surface area (Å²) in [7, 11) is 0. The van der Waals surface area contributed by atoms with E-state index in [0.717, 1.165) is 28.6 Å². The summed E-state index contributed by atoms with van der Waals surface area (Å²) < 4.78 is 0. The molecule has 1 unspecified atom stereocenters. The van der Waals surface area contributed by atoms with Crippen molar-refractivity contribution in [1.82, 2.24) is 5.32 Å². The summed E-state index contributed by atoms with van der Waals surface area (Å²) in [5.41, 5.74) is 1.13. The summed E-state index contributed by atoms with van der Waals surface area (Å²) >= 11 is 7.92. The molecule has 0 aliphatic rings. The van der Waals surface area contributed by atoms with Gasteiger partial charge >= 0.3 is 0 Å². The number of nitrogens with one attached hydrogen (secondary N) is 1. The number of aliphatic hydroxyl groups excluding tert-OH is 1. The van der Waals surface area contributed by atoms with Crippen molar-refractivity contribution in [3.8, 4) is 0 Å². The zero-order chi connectivity index (χ0) is 13.5. The Hall–Kier alpha value is -0.220. The van der Waals surface area contributed by atoms with Crippen molar-refractivity contribution < 1.29 is 5.11 Å². The van der Waals surface area contributed by atoms with Crippen LogP contribution in [0.5, 0.6) is 0 Å². The van der Waals surface area contributed by atoms with Crippen molar-refractivity contribution >= 4 is 23.4 Å². The second-order valence-corrected chi connectivity index (χ2v) is 6.74. The summed E-state index contributed by atoms with van der Waals surface area (Å²) in [6.45, 7) is 8.31. The highest BCUT2D eigenvalue weighted by molar-refractivity contribution is 8.00. The molecule has 1 rings (SSSR count). The zero-order valence-corrected chi connectivity index (χ0v) is 12.8. The smallest absolute Gasteiger partial charge is 0.0550 e. The molecule has 0 aliphatic carbocycles. The molecule has 0 spiro atoms. The fraction of sp³-hybridized carbons (Fsp3) is 0.571. The van der Waals surface area contributed by atoms with Gasteiger partial charge in [-0.05, 0) is 30.2 Å². The van der Waals surface area contributed by atoms with Crippen LogP contribution in [0, 0.1) is 5.92 Å². The third-order valence-corrected chi connectivity index (χ3v) is 4.06. The molecular formula is C14H22ClNOS. The number of thioether (sulfide) groups is 1. The number of rotatable bonds is 7. The monoisotopic (exact) mass is 287 g/mol. The predicted octanol–water partition coefficient (Wildman–Crippen LogP) is 3.56. The molecule has 1 aromatic rings. The lowest BCUT2D eigenvalue weighted by molar-refractivity contribution is 0.300. The van der Waals surface area contributed by atoms with Crippen LogP contribution in [0.15, 0.2) is 23.1 Å². The summed E-state index contributed by atoms with van der Waals surface area (Å²) in [5, 5.41) is 13.5. The number of hydrogen-bond acceptors (Lipinski definition) is 3. The van der Waals surface area contributed by atoms with Crippen LogP contribution in [0.25, 0.3) is 0 Å². The Morgan fingerprint density at radius 2 is 2.06 bits per heavy atom. The van der Waals surface area contributed by atoms with Gasteiger partial charge in [0, 0.05) is 21.7 Å². The summed E-state index contributed by atoms with van der Waals surface area (Å²) in [6, 6.07) is 5.94. The van der Waals surface area contributed by atoms with Crippen LogP contribution in [0.2, 0.25) is 5.02 Å². The van der Waals surface area contributed by atoms with E-state index in [4.69, 9.17) is 16.7 Å². The Balaban J connectivity index is 2.74. The van der Waals surface area contributed by atoms with Gasteiger partial charge in [-0.25, -0.2) is 0 Å². The maximum absolute atomic E-state index is 9.14. The molecule has 2 nitrogen and oxygen atoms in total. The molecule has 1 aromatic carbocycles. The SMILES string of the molecule is CC(C)CNCc1c(Cl)cccc1SC(C)CO. The van der Waals surface area contributed by atoms with Crippen molar-refractivity contribution in [2.75, 3.05) is 13.2 Å². The van der Waals surface area contributed by atoms with Crippen molar-refractivity contribution in [3.05, 3.63) is 28.8 Å². The van der Waals surface area contributed by atoms with Crippen LogP contribution in [0.3, 0.4) is 0 Å². The van der Waals surface area contributed by atoms with Gasteiger partial charge in [-0.1, -0.05) is 38.4 Å². The van der Waals surface area contributed by atoms with Crippen molar-refractivity contribution in [3.63, 3.8) is 0 Å². The van der Waals surface area contributed by atoms with Gasteiger partial charge in [0.1, 0.15) is 0 Å². The van der Waals surface area contributed by atoms with Crippen LogP contribution < -0.4 is 5.32 Å². The molecule has 102 valence electrons. The number of benzene rings is 1. The molecule has 18 heavy (non-hydrogen) atoms. The first kappa shape index (κ1) is 15.8. The standard InChI is InChI=1S/C14H22ClNOS/c1-10(2)7-16-8-12-13(15)5-4-6-14(12)18-11(3)9-17/h4-6,10-11,16-17H,7-9H2,1-3H3. The van der Waals surface area contributed by atoms with Crippen LogP contribution >= 0.6 is 23.4 Å². The topological polar surface area (TPSA) is 32.3 Å². The highest BCUT2D eigenvalue weighted by atomic mass is 35.5. The lowest BCUT2D eigenvalue weighted by Gasteiger charge is -2.15. The second-order valence-electron chi connectivity index (χ2n) is 4.85. The lowest BCUT2D eigenvalue weighted by atomic mass is 10.2. The Labute approximate surface area is 119 Å². The van der Waals surface area contributed by atoms with Crippen LogP contribution in [0.4, 0.5) is 0 Å². The summed E-state index contributed by atoms with van der Waals surface area (Å²) in [6.07, 6.45) is 0. The Kier molecular flexibility index (Phi) is 7.08. The largest absolute Gasteiger partial charge is 0.395 e. The lowest BCUT2D eigenvalue weighted by Crippen LogP contribution is -2.19. The van der Waals surface area contributed by atoms with Gasteiger partial charge in [-0.15, -0.1) is 11.8 Å². The van der Waals surface area contributed by atoms with Gasteiger partial charge in [0.2, 0.25) is 0 Å². The average Bonchev–Trinajstić information content (AvgIpc) is 2.32. The number of halogens is 1. The van der Waals surface area contributed by atoms with Gasteiger partial charge in [-0.3, -0.25) is 0 Å². The van der Waals surface area contributed by atoms with E-state index in [1.54, 1.807) is 11.8 Å². The van der Waals surface area contributed by atoms with Crippen LogP contribution in [0.1, 0.15) is 26.3 Å². The maximum Gasteiger partial charge on any atom is 0.0550 e. The molecule has 0 fully saturated rings. The minimum absolute atomic E-state index is 0.177. The maximum atomic E-state index is 9.14. The van der Waals surface area contributed by atoms with E-state index < -0.39 is 0 Å². The van der Waals surface area contributed by atoms with Crippen molar-refractivity contribution in [2.24, 2.45) is 5.92 Å². The van der Waals surface area contributed by atoms with Gasteiger partial charge in [-0.2, -0.15) is 0 Å². The molecule has 0 saturated carbocycles. The minimum Gasteiger partial charge on any atom is -0.395 e. The first-order chi connectivity index (χ1) is 8.54. The number of aliphatic hydroxyl groups is 1. The second kappa shape index (κ2) is 8.05. The molecule has 1 atom stereocenters. The van der Waals surface area contributed by atoms with Gasteiger partial charge in [0.15, 0.2) is 0 Å². The molecule has 4 heteroatoms. The first-order valence-electron chi connectivity index (χ1n) is 6.30. The highest BCUT2D eigenvalue weighted by Crippen LogP contribution is 2.31. The van der Waals surface area contributed by atoms with E-state index in [9.17, 15) is 0 Å². The highest BCUT2D eigenvalue weighted by Gasteiger charge is 2.10. The van der Waals surface area contributed by atoms with E-state index in [2.05, 4.69) is 25.2 Å². The molecule has 0 heterocycles. The first-order valence-corrected chi connectivity index (χ1v) is 7.56. The van der Waals surface area contributed by atoms with Gasteiger partial charge in [0.05, 0.1) is 6.61 Å². The van der Waals surface area contributed by atoms with Gasteiger partial charge < -0.3 is 10.4 Å². The van der Waals surface area contributed by atoms with E-state index in [1.807, 2.05) is 19.1 Å². The fourth-order valence-corrected chi connectivity index (χ4v) is 2.85. The third-order valence-electron chi connectivity index (χ3n) is 2.52. The molecule has 0 amide bonds. The molecule has 0 aliphatic heterocycles. The quantitative estimate of drug-likeness (QED) is 0.752. The van der Waals surface area contributed by atoms with E-state index in [0.29, 0.717) is 5.92 Å². The Bertz CT molecular complexity index is 371. The van der Waals surface area contributed by atoms with E-state index in [-0.39, 0.29) is 11.9 Å². The third kappa shape index (κ3) is 5.19. The minimum atomic E-state index is 0.177. The average molecular weight is 288 g/mol. The molecule has 0 aromatic heterocycles. The Morgan fingerprint density at radius 1 is 1.33 bits per heavy atom. The molecule has 2 N–H and O–H groups in total. The zero-order valence-electron chi connectivity index (χ0n) is 11.2. The number of hydrogen-bond donors (Lipinski definition) is 2. The molecule has 0 saturated heterocycles.